The Morgan fingerprint density at radius 3 is 2.32 bits per heavy atom. The molecular formula is C22H31N5O. The minimum absolute atomic E-state index is 0.228. The maximum atomic E-state index is 12.6. The fraction of sp³-hybridized carbons (Fsp3) is 0.500. The SMILES string of the molecule is CCN(CC)c1ccc(NC(=O)c2ccc(N3CCCCCC3)nn2)c(C)c1. The summed E-state index contributed by atoms with van der Waals surface area (Å²) in [5, 5.41) is 11.4. The summed E-state index contributed by atoms with van der Waals surface area (Å²) in [4.78, 5) is 17.1. The van der Waals surface area contributed by atoms with Gasteiger partial charge in [-0.05, 0) is 69.5 Å². The van der Waals surface area contributed by atoms with E-state index >= 15 is 0 Å². The zero-order valence-electron chi connectivity index (χ0n) is 17.2. The Bertz CT molecular complexity index is 778. The van der Waals surface area contributed by atoms with Gasteiger partial charge in [0.15, 0.2) is 11.5 Å². The number of carbonyl (C=O) groups is 1. The molecule has 0 saturated carbocycles. The van der Waals surface area contributed by atoms with Crippen LogP contribution in [0.4, 0.5) is 17.2 Å². The molecule has 0 bridgehead atoms. The molecule has 0 atom stereocenters. The molecule has 0 radical (unpaired) electrons. The van der Waals surface area contributed by atoms with E-state index in [-0.39, 0.29) is 5.91 Å². The molecule has 6 nitrogen and oxygen atoms in total. The summed E-state index contributed by atoms with van der Waals surface area (Å²) >= 11 is 0. The molecule has 1 saturated heterocycles. The van der Waals surface area contributed by atoms with Crippen LogP contribution in [-0.4, -0.2) is 42.3 Å². The maximum Gasteiger partial charge on any atom is 0.276 e. The summed E-state index contributed by atoms with van der Waals surface area (Å²) in [7, 11) is 0. The van der Waals surface area contributed by atoms with Gasteiger partial charge in [0.05, 0.1) is 0 Å². The molecule has 1 aliphatic heterocycles. The van der Waals surface area contributed by atoms with Crippen LogP contribution >= 0.6 is 0 Å². The molecule has 28 heavy (non-hydrogen) atoms. The Morgan fingerprint density at radius 1 is 1.04 bits per heavy atom. The minimum atomic E-state index is -0.228. The molecule has 0 spiro atoms. The number of amides is 1. The minimum Gasteiger partial charge on any atom is -0.372 e. The summed E-state index contributed by atoms with van der Waals surface area (Å²) < 4.78 is 0. The second kappa shape index (κ2) is 9.53. The van der Waals surface area contributed by atoms with Crippen LogP contribution in [0.25, 0.3) is 0 Å². The summed E-state index contributed by atoms with van der Waals surface area (Å²) in [5.41, 5.74) is 3.35. The van der Waals surface area contributed by atoms with Crippen LogP contribution in [0, 0.1) is 6.92 Å². The topological polar surface area (TPSA) is 61.4 Å². The smallest absolute Gasteiger partial charge is 0.276 e. The number of aromatic nitrogens is 2. The summed E-state index contributed by atoms with van der Waals surface area (Å²) in [6, 6.07) is 9.78. The van der Waals surface area contributed by atoms with Gasteiger partial charge < -0.3 is 15.1 Å². The fourth-order valence-electron chi connectivity index (χ4n) is 3.67. The van der Waals surface area contributed by atoms with Crippen LogP contribution < -0.4 is 15.1 Å². The van der Waals surface area contributed by atoms with Crippen molar-refractivity contribution in [1.29, 1.82) is 0 Å². The number of nitrogens with zero attached hydrogens (tertiary/aromatic N) is 4. The molecule has 2 aromatic rings. The number of aryl methyl sites for hydroxylation is 1. The van der Waals surface area contributed by atoms with Crippen molar-refractivity contribution in [3.63, 3.8) is 0 Å². The van der Waals surface area contributed by atoms with Crippen molar-refractivity contribution in [1.82, 2.24) is 10.2 Å². The van der Waals surface area contributed by atoms with E-state index in [9.17, 15) is 4.79 Å². The van der Waals surface area contributed by atoms with E-state index in [4.69, 9.17) is 0 Å². The Kier molecular flexibility index (Phi) is 6.85. The zero-order valence-corrected chi connectivity index (χ0v) is 17.2. The van der Waals surface area contributed by atoms with E-state index in [0.29, 0.717) is 5.69 Å². The normalized spacial score (nSPS) is 14.5. The van der Waals surface area contributed by atoms with E-state index < -0.39 is 0 Å². The number of benzene rings is 1. The fourth-order valence-corrected chi connectivity index (χ4v) is 3.67. The van der Waals surface area contributed by atoms with Crippen LogP contribution in [0.2, 0.25) is 0 Å². The Morgan fingerprint density at radius 2 is 1.75 bits per heavy atom. The highest BCUT2D eigenvalue weighted by molar-refractivity contribution is 6.03. The lowest BCUT2D eigenvalue weighted by Gasteiger charge is -2.22. The van der Waals surface area contributed by atoms with Gasteiger partial charge in [-0.1, -0.05) is 12.8 Å². The first kappa shape index (κ1) is 20.1. The lowest BCUT2D eigenvalue weighted by Crippen LogP contribution is -2.25. The van der Waals surface area contributed by atoms with Crippen molar-refractivity contribution in [3.8, 4) is 0 Å². The molecule has 3 rings (SSSR count). The molecule has 2 heterocycles. The Balaban J connectivity index is 1.67. The van der Waals surface area contributed by atoms with Crippen molar-refractivity contribution in [2.45, 2.75) is 46.5 Å². The highest BCUT2D eigenvalue weighted by Gasteiger charge is 2.15. The number of nitrogens with one attached hydrogen (secondary N) is 1. The third kappa shape index (κ3) is 4.80. The van der Waals surface area contributed by atoms with Gasteiger partial charge in [-0.2, -0.15) is 0 Å². The summed E-state index contributed by atoms with van der Waals surface area (Å²) in [5.74, 6) is 0.631. The van der Waals surface area contributed by atoms with Gasteiger partial charge in [0, 0.05) is 37.6 Å². The van der Waals surface area contributed by atoms with E-state index in [1.54, 1.807) is 6.07 Å². The van der Waals surface area contributed by atoms with Crippen LogP contribution in [0.1, 0.15) is 55.6 Å². The van der Waals surface area contributed by atoms with Crippen LogP contribution in [-0.2, 0) is 0 Å². The van der Waals surface area contributed by atoms with Gasteiger partial charge in [-0.15, -0.1) is 10.2 Å². The van der Waals surface area contributed by atoms with E-state index in [2.05, 4.69) is 45.2 Å². The molecule has 0 unspecified atom stereocenters. The number of hydrogen-bond donors (Lipinski definition) is 1. The molecule has 1 aromatic carbocycles. The van der Waals surface area contributed by atoms with Crippen molar-refractivity contribution in [3.05, 3.63) is 41.6 Å². The third-order valence-corrected chi connectivity index (χ3v) is 5.40. The predicted molar refractivity (Wildman–Crippen MR) is 115 cm³/mol. The molecule has 1 amide bonds. The first-order valence-electron chi connectivity index (χ1n) is 10.4. The van der Waals surface area contributed by atoms with Gasteiger partial charge in [0.25, 0.3) is 5.91 Å². The lowest BCUT2D eigenvalue weighted by molar-refractivity contribution is 0.102. The molecule has 1 fully saturated rings. The molecule has 0 aliphatic carbocycles. The Hall–Kier alpha value is -2.63. The highest BCUT2D eigenvalue weighted by atomic mass is 16.1. The first-order chi connectivity index (χ1) is 13.6. The van der Waals surface area contributed by atoms with Gasteiger partial charge in [0.1, 0.15) is 0 Å². The zero-order chi connectivity index (χ0) is 19.9. The number of carbonyl (C=O) groups excluding carboxylic acids is 1. The standard InChI is InChI=1S/C22H31N5O/c1-4-26(5-2)18-10-11-19(17(3)16-18)23-22(28)20-12-13-21(25-24-20)27-14-8-6-7-9-15-27/h10-13,16H,4-9,14-15H2,1-3H3,(H,23,28). The van der Waals surface area contributed by atoms with Crippen molar-refractivity contribution in [2.75, 3.05) is 41.3 Å². The third-order valence-electron chi connectivity index (χ3n) is 5.40. The quantitative estimate of drug-likeness (QED) is 0.810. The van der Waals surface area contributed by atoms with E-state index in [1.165, 1.54) is 31.4 Å². The predicted octanol–water partition coefficient (Wildman–Crippen LogP) is 4.26. The second-order valence-corrected chi connectivity index (χ2v) is 7.30. The van der Waals surface area contributed by atoms with Crippen LogP contribution in [0.3, 0.4) is 0 Å². The molecule has 6 heteroatoms. The largest absolute Gasteiger partial charge is 0.372 e. The average molecular weight is 382 g/mol. The van der Waals surface area contributed by atoms with Gasteiger partial charge in [-0.25, -0.2) is 0 Å². The maximum absolute atomic E-state index is 12.6. The van der Waals surface area contributed by atoms with E-state index in [1.807, 2.05) is 25.1 Å². The monoisotopic (exact) mass is 381 g/mol. The van der Waals surface area contributed by atoms with E-state index in [0.717, 1.165) is 43.2 Å². The summed E-state index contributed by atoms with van der Waals surface area (Å²) in [6.07, 6.45) is 4.92. The second-order valence-electron chi connectivity index (χ2n) is 7.30. The molecular weight excluding hydrogens is 350 g/mol. The molecule has 1 N–H and O–H groups in total. The highest BCUT2D eigenvalue weighted by Crippen LogP contribution is 2.23. The molecule has 1 aromatic heterocycles. The van der Waals surface area contributed by atoms with Gasteiger partial charge >= 0.3 is 0 Å². The van der Waals surface area contributed by atoms with Crippen molar-refractivity contribution in [2.24, 2.45) is 0 Å². The van der Waals surface area contributed by atoms with Gasteiger partial charge in [0.2, 0.25) is 0 Å². The molecule has 1 aliphatic rings. The average Bonchev–Trinajstić information content (AvgIpc) is 3.00. The number of hydrogen-bond acceptors (Lipinski definition) is 5. The van der Waals surface area contributed by atoms with Crippen LogP contribution in [0.5, 0.6) is 0 Å². The summed E-state index contributed by atoms with van der Waals surface area (Å²) in [6.45, 7) is 10.2. The first-order valence-corrected chi connectivity index (χ1v) is 10.4. The van der Waals surface area contributed by atoms with Gasteiger partial charge in [-0.3, -0.25) is 4.79 Å². The number of rotatable bonds is 6. The Labute approximate surface area is 168 Å². The van der Waals surface area contributed by atoms with Crippen molar-refractivity contribution < 1.29 is 4.79 Å². The molecule has 150 valence electrons. The number of anilines is 3. The van der Waals surface area contributed by atoms with Crippen LogP contribution in [0.15, 0.2) is 30.3 Å². The lowest BCUT2D eigenvalue weighted by atomic mass is 10.1. The van der Waals surface area contributed by atoms with Crippen molar-refractivity contribution >= 4 is 23.1 Å².